The van der Waals surface area contributed by atoms with Gasteiger partial charge >= 0.3 is 23.9 Å². The van der Waals surface area contributed by atoms with Crippen LogP contribution in [0.1, 0.15) is 152 Å². The molecule has 4 rings (SSSR count). The van der Waals surface area contributed by atoms with E-state index in [-0.39, 0.29) is 6.42 Å². The van der Waals surface area contributed by atoms with Gasteiger partial charge in [0.2, 0.25) is 0 Å². The van der Waals surface area contributed by atoms with Crippen LogP contribution in [0.2, 0.25) is 0 Å². The fraction of sp³-hybridized carbons (Fsp3) is 0.714. The average molecular weight is 567 g/mol. The number of cyclic esters (lactones) is 4. The lowest BCUT2D eigenvalue weighted by Crippen LogP contribution is -2.43. The summed E-state index contributed by atoms with van der Waals surface area (Å²) in [5.74, 6) is -4.04. The van der Waals surface area contributed by atoms with Gasteiger partial charge in [-0.25, -0.2) is 0 Å². The summed E-state index contributed by atoms with van der Waals surface area (Å²) in [4.78, 5) is 49.7. The van der Waals surface area contributed by atoms with Crippen molar-refractivity contribution in [1.29, 1.82) is 0 Å². The molecule has 6 heteroatoms. The van der Waals surface area contributed by atoms with Crippen molar-refractivity contribution in [3.63, 3.8) is 0 Å². The number of esters is 4. The molecular formula is C35H50O6. The van der Waals surface area contributed by atoms with E-state index < -0.39 is 47.0 Å². The summed E-state index contributed by atoms with van der Waals surface area (Å²) in [5.41, 5.74) is 2.00. The number of rotatable bonds is 18. The quantitative estimate of drug-likeness (QED) is 0.102. The second kappa shape index (κ2) is 15.1. The lowest BCUT2D eigenvalue weighted by molar-refractivity contribution is -0.156. The van der Waals surface area contributed by atoms with Crippen molar-refractivity contribution in [2.24, 2.45) is 11.8 Å². The van der Waals surface area contributed by atoms with Crippen LogP contribution in [0.25, 0.3) is 0 Å². The van der Waals surface area contributed by atoms with Crippen LogP contribution in [-0.4, -0.2) is 23.9 Å². The van der Waals surface area contributed by atoms with Gasteiger partial charge in [-0.1, -0.05) is 128 Å². The van der Waals surface area contributed by atoms with E-state index in [1.807, 2.05) is 19.1 Å². The minimum Gasteiger partial charge on any atom is -0.393 e. The molecule has 2 heterocycles. The lowest BCUT2D eigenvalue weighted by Gasteiger charge is -2.42. The van der Waals surface area contributed by atoms with Gasteiger partial charge in [-0.15, -0.1) is 0 Å². The molecule has 2 fully saturated rings. The van der Waals surface area contributed by atoms with E-state index >= 15 is 0 Å². The Morgan fingerprint density at radius 3 is 1.80 bits per heavy atom. The maximum Gasteiger partial charge on any atom is 0.321 e. The molecule has 1 aromatic rings. The van der Waals surface area contributed by atoms with Gasteiger partial charge in [-0.05, 0) is 36.0 Å². The first kappa shape index (κ1) is 31.4. The van der Waals surface area contributed by atoms with E-state index in [0.717, 1.165) is 29.5 Å². The van der Waals surface area contributed by atoms with Crippen molar-refractivity contribution in [3.05, 3.63) is 34.9 Å². The van der Waals surface area contributed by atoms with Gasteiger partial charge in [0.05, 0.1) is 24.2 Å². The molecule has 0 aromatic heterocycles. The normalized spacial score (nSPS) is 25.3. The van der Waals surface area contributed by atoms with E-state index in [0.29, 0.717) is 6.42 Å². The number of hydrogen-bond donors (Lipinski definition) is 0. The van der Waals surface area contributed by atoms with Gasteiger partial charge in [-0.3, -0.25) is 19.2 Å². The standard InChI is InChI=1S/C35H50O6/c1-3-4-5-6-7-8-9-10-11-12-13-14-15-16-17-18-19-25-20-21-28-26(22-25)31-27(32(37)41-34(31)39)24-35(28,2)29-23-30(36)40-33(29)38/h20-22,27,29,31H,3-19,23-24H2,1-2H3. The molecular weight excluding hydrogens is 516 g/mol. The van der Waals surface area contributed by atoms with Crippen LogP contribution < -0.4 is 0 Å². The molecule has 1 aliphatic carbocycles. The molecule has 0 bridgehead atoms. The Bertz CT molecular complexity index is 1080. The molecule has 2 aliphatic heterocycles. The van der Waals surface area contributed by atoms with Gasteiger partial charge in [0.1, 0.15) is 0 Å². The minimum atomic E-state index is -0.768. The molecule has 226 valence electrons. The number of carbonyl (C=O) groups is 4. The average Bonchev–Trinajstić information content (AvgIpc) is 3.44. The Kier molecular flexibility index (Phi) is 11.6. The van der Waals surface area contributed by atoms with Gasteiger partial charge in [0.15, 0.2) is 0 Å². The van der Waals surface area contributed by atoms with Crippen molar-refractivity contribution < 1.29 is 28.7 Å². The topological polar surface area (TPSA) is 86.7 Å². The van der Waals surface area contributed by atoms with Crippen molar-refractivity contribution in [1.82, 2.24) is 0 Å². The zero-order chi connectivity index (χ0) is 29.2. The highest BCUT2D eigenvalue weighted by molar-refractivity contribution is 6.01. The Hall–Kier alpha value is -2.50. The first-order chi connectivity index (χ1) is 19.8. The van der Waals surface area contributed by atoms with Crippen molar-refractivity contribution in [3.8, 4) is 0 Å². The highest BCUT2D eigenvalue weighted by Crippen LogP contribution is 2.54. The van der Waals surface area contributed by atoms with E-state index in [4.69, 9.17) is 9.47 Å². The summed E-state index contributed by atoms with van der Waals surface area (Å²) < 4.78 is 9.91. The molecule has 0 saturated carbocycles. The summed E-state index contributed by atoms with van der Waals surface area (Å²) >= 11 is 0. The lowest BCUT2D eigenvalue weighted by atomic mass is 9.58. The van der Waals surface area contributed by atoms with Crippen LogP contribution in [0.5, 0.6) is 0 Å². The summed E-state index contributed by atoms with van der Waals surface area (Å²) in [6.45, 7) is 4.19. The molecule has 0 radical (unpaired) electrons. The fourth-order valence-electron chi connectivity index (χ4n) is 7.36. The molecule has 41 heavy (non-hydrogen) atoms. The number of hydrogen-bond acceptors (Lipinski definition) is 6. The fourth-order valence-corrected chi connectivity index (χ4v) is 7.36. The summed E-state index contributed by atoms with van der Waals surface area (Å²) in [5, 5.41) is 0. The van der Waals surface area contributed by atoms with Crippen LogP contribution in [0, 0.1) is 11.8 Å². The third-order valence-electron chi connectivity index (χ3n) is 9.83. The first-order valence-corrected chi connectivity index (χ1v) is 16.5. The van der Waals surface area contributed by atoms with Crippen LogP contribution in [0.15, 0.2) is 18.2 Å². The second-order valence-corrected chi connectivity index (χ2v) is 13.0. The van der Waals surface area contributed by atoms with Gasteiger partial charge in [0, 0.05) is 5.41 Å². The van der Waals surface area contributed by atoms with Crippen LogP contribution in [-0.2, 0) is 40.5 Å². The van der Waals surface area contributed by atoms with E-state index in [2.05, 4.69) is 13.0 Å². The Morgan fingerprint density at radius 2 is 1.27 bits per heavy atom. The predicted molar refractivity (Wildman–Crippen MR) is 158 cm³/mol. The molecule has 0 spiro atoms. The maximum absolute atomic E-state index is 12.7. The summed E-state index contributed by atoms with van der Waals surface area (Å²) in [6.07, 6.45) is 22.5. The number of ether oxygens (including phenoxy) is 2. The van der Waals surface area contributed by atoms with E-state index in [9.17, 15) is 19.2 Å². The molecule has 6 nitrogen and oxygen atoms in total. The van der Waals surface area contributed by atoms with Crippen molar-refractivity contribution >= 4 is 23.9 Å². The largest absolute Gasteiger partial charge is 0.393 e. The molecule has 0 amide bonds. The third kappa shape index (κ3) is 7.87. The number of unbranched alkanes of at least 4 members (excludes halogenated alkanes) is 15. The van der Waals surface area contributed by atoms with E-state index in [1.54, 1.807) is 0 Å². The highest BCUT2D eigenvalue weighted by atomic mass is 16.6. The molecule has 4 atom stereocenters. The van der Waals surface area contributed by atoms with Crippen LogP contribution >= 0.6 is 0 Å². The van der Waals surface area contributed by atoms with E-state index in [1.165, 1.54) is 96.3 Å². The SMILES string of the molecule is CCCCCCCCCCCCCCCCCCc1ccc2c(c1)C1C(=O)OC(=O)C1CC2(C)C1CC(=O)OC1=O. The van der Waals surface area contributed by atoms with Gasteiger partial charge in [-0.2, -0.15) is 0 Å². The number of carbonyl (C=O) groups excluding carboxylic acids is 4. The van der Waals surface area contributed by atoms with Crippen molar-refractivity contribution in [2.75, 3.05) is 0 Å². The Labute approximate surface area is 246 Å². The number of aryl methyl sites for hydroxylation is 1. The Balaban J connectivity index is 1.19. The van der Waals surface area contributed by atoms with Crippen molar-refractivity contribution in [2.45, 2.75) is 147 Å². The molecule has 1 aromatic carbocycles. The van der Waals surface area contributed by atoms with Gasteiger partial charge < -0.3 is 9.47 Å². The molecule has 4 unspecified atom stereocenters. The number of fused-ring (bicyclic) bond motifs is 3. The zero-order valence-electron chi connectivity index (χ0n) is 25.3. The first-order valence-electron chi connectivity index (χ1n) is 16.5. The molecule has 3 aliphatic rings. The third-order valence-corrected chi connectivity index (χ3v) is 9.83. The van der Waals surface area contributed by atoms with Crippen LogP contribution in [0.3, 0.4) is 0 Å². The van der Waals surface area contributed by atoms with Gasteiger partial charge in [0.25, 0.3) is 0 Å². The summed E-state index contributed by atoms with van der Waals surface area (Å²) in [7, 11) is 0. The summed E-state index contributed by atoms with van der Waals surface area (Å²) in [6, 6.07) is 6.11. The molecule has 2 saturated heterocycles. The monoisotopic (exact) mass is 566 g/mol. The predicted octanol–water partition coefficient (Wildman–Crippen LogP) is 8.02. The second-order valence-electron chi connectivity index (χ2n) is 13.0. The Morgan fingerprint density at radius 1 is 0.707 bits per heavy atom. The smallest absolute Gasteiger partial charge is 0.321 e. The minimum absolute atomic E-state index is 0.00387. The maximum atomic E-state index is 12.7. The molecule has 0 N–H and O–H groups in total. The van der Waals surface area contributed by atoms with Crippen LogP contribution in [0.4, 0.5) is 0 Å². The number of benzene rings is 1. The zero-order valence-corrected chi connectivity index (χ0v) is 25.3. The highest BCUT2D eigenvalue weighted by Gasteiger charge is 2.58.